The molecule has 1 N–H and O–H groups in total. The van der Waals surface area contributed by atoms with Gasteiger partial charge in [0.25, 0.3) is 0 Å². The SMILES string of the molecule is COc1ccc(C[C@@H](C(=O)NC(c2ccccc2)c2ccccc2)N(C)S(=O)(=O)Cc2ccccc2)cc1. The minimum absolute atomic E-state index is 0.197. The molecule has 0 unspecified atom stereocenters. The summed E-state index contributed by atoms with van der Waals surface area (Å²) in [6, 6.07) is 34.2. The predicted molar refractivity (Wildman–Crippen MR) is 150 cm³/mol. The van der Waals surface area contributed by atoms with Crippen molar-refractivity contribution in [1.29, 1.82) is 0 Å². The molecule has 4 aromatic rings. The molecule has 6 nitrogen and oxygen atoms in total. The summed E-state index contributed by atoms with van der Waals surface area (Å²) in [4.78, 5) is 13.9. The van der Waals surface area contributed by atoms with E-state index >= 15 is 0 Å². The minimum atomic E-state index is -3.81. The lowest BCUT2D eigenvalue weighted by atomic mass is 9.97. The molecule has 4 rings (SSSR count). The number of carbonyl (C=O) groups is 1. The fourth-order valence-electron chi connectivity index (χ4n) is 4.34. The summed E-state index contributed by atoms with van der Waals surface area (Å²) in [5, 5.41) is 3.14. The van der Waals surface area contributed by atoms with Gasteiger partial charge in [0.05, 0.1) is 18.9 Å². The van der Waals surface area contributed by atoms with Gasteiger partial charge in [-0.15, -0.1) is 0 Å². The zero-order valence-electron chi connectivity index (χ0n) is 21.5. The van der Waals surface area contributed by atoms with Gasteiger partial charge >= 0.3 is 0 Å². The Morgan fingerprint density at radius 3 is 1.76 bits per heavy atom. The highest BCUT2D eigenvalue weighted by atomic mass is 32.2. The molecule has 38 heavy (non-hydrogen) atoms. The van der Waals surface area contributed by atoms with Crippen LogP contribution in [0.5, 0.6) is 5.75 Å². The number of rotatable bonds is 11. The van der Waals surface area contributed by atoms with Crippen molar-refractivity contribution < 1.29 is 17.9 Å². The van der Waals surface area contributed by atoms with Crippen molar-refractivity contribution >= 4 is 15.9 Å². The number of hydrogen-bond acceptors (Lipinski definition) is 4. The topological polar surface area (TPSA) is 75.7 Å². The summed E-state index contributed by atoms with van der Waals surface area (Å²) in [6.07, 6.45) is 0.205. The molecule has 0 spiro atoms. The first-order valence-electron chi connectivity index (χ1n) is 12.4. The van der Waals surface area contributed by atoms with Gasteiger partial charge in [-0.05, 0) is 40.8 Å². The Hall–Kier alpha value is -3.94. The van der Waals surface area contributed by atoms with Crippen molar-refractivity contribution in [3.05, 3.63) is 138 Å². The van der Waals surface area contributed by atoms with E-state index in [1.165, 1.54) is 11.4 Å². The summed E-state index contributed by atoms with van der Waals surface area (Å²) in [6.45, 7) is 0. The molecule has 0 aromatic heterocycles. The number of carbonyl (C=O) groups excluding carboxylic acids is 1. The van der Waals surface area contributed by atoms with Gasteiger partial charge in [-0.1, -0.05) is 103 Å². The standard InChI is InChI=1S/C31H32N2O4S/c1-33(38(35,36)23-25-12-6-3-7-13-25)29(22-24-18-20-28(37-2)21-19-24)31(34)32-30(26-14-8-4-9-15-26)27-16-10-5-11-17-27/h3-21,29-30H,22-23H2,1-2H3,(H,32,34)/t29-/m0/s1. The molecule has 0 bridgehead atoms. The number of ether oxygens (including phenoxy) is 1. The number of sulfonamides is 1. The van der Waals surface area contributed by atoms with Crippen LogP contribution in [0, 0.1) is 0 Å². The second kappa shape index (κ2) is 12.5. The number of hydrogen-bond donors (Lipinski definition) is 1. The van der Waals surface area contributed by atoms with E-state index in [0.29, 0.717) is 11.3 Å². The van der Waals surface area contributed by atoms with Crippen LogP contribution in [0.1, 0.15) is 28.3 Å². The monoisotopic (exact) mass is 528 g/mol. The van der Waals surface area contributed by atoms with Crippen LogP contribution in [0.4, 0.5) is 0 Å². The Morgan fingerprint density at radius 2 is 1.26 bits per heavy atom. The van der Waals surface area contributed by atoms with Gasteiger partial charge in [0.2, 0.25) is 15.9 Å². The Labute approximate surface area is 225 Å². The molecule has 4 aromatic carbocycles. The van der Waals surface area contributed by atoms with Crippen molar-refractivity contribution in [3.8, 4) is 5.75 Å². The number of methoxy groups -OCH3 is 1. The number of amides is 1. The largest absolute Gasteiger partial charge is 0.497 e. The smallest absolute Gasteiger partial charge is 0.239 e. The van der Waals surface area contributed by atoms with Crippen LogP contribution < -0.4 is 10.1 Å². The van der Waals surface area contributed by atoms with Crippen LogP contribution in [0.3, 0.4) is 0 Å². The summed E-state index contributed by atoms with van der Waals surface area (Å²) in [5.74, 6) is 0.114. The maximum absolute atomic E-state index is 13.9. The van der Waals surface area contributed by atoms with E-state index in [-0.39, 0.29) is 18.1 Å². The maximum atomic E-state index is 13.9. The average Bonchev–Trinajstić information content (AvgIpc) is 2.95. The third-order valence-electron chi connectivity index (χ3n) is 6.51. The van der Waals surface area contributed by atoms with Crippen LogP contribution in [0.15, 0.2) is 115 Å². The quantitative estimate of drug-likeness (QED) is 0.298. The average molecular weight is 529 g/mol. The lowest BCUT2D eigenvalue weighted by Gasteiger charge is -2.29. The zero-order chi connectivity index (χ0) is 27.0. The third kappa shape index (κ3) is 6.88. The Balaban J connectivity index is 1.66. The Morgan fingerprint density at radius 1 is 0.763 bits per heavy atom. The number of nitrogens with one attached hydrogen (secondary N) is 1. The van der Waals surface area contributed by atoms with Crippen molar-refractivity contribution in [2.24, 2.45) is 0 Å². The highest BCUT2D eigenvalue weighted by molar-refractivity contribution is 7.88. The van der Waals surface area contributed by atoms with Crippen LogP contribution in [0.25, 0.3) is 0 Å². The van der Waals surface area contributed by atoms with Crippen LogP contribution in [-0.2, 0) is 27.0 Å². The van der Waals surface area contributed by atoms with Crippen LogP contribution >= 0.6 is 0 Å². The van der Waals surface area contributed by atoms with Crippen LogP contribution in [0.2, 0.25) is 0 Å². The molecular formula is C31H32N2O4S. The van der Waals surface area contributed by atoms with E-state index in [2.05, 4.69) is 5.32 Å². The molecule has 0 saturated carbocycles. The number of likely N-dealkylation sites (N-methyl/N-ethyl adjacent to an activating group) is 1. The molecule has 0 radical (unpaired) electrons. The predicted octanol–water partition coefficient (Wildman–Crippen LogP) is 4.97. The molecule has 1 atom stereocenters. The highest BCUT2D eigenvalue weighted by Crippen LogP contribution is 2.24. The number of nitrogens with zero attached hydrogens (tertiary/aromatic N) is 1. The van der Waals surface area contributed by atoms with Crippen LogP contribution in [-0.4, -0.2) is 38.8 Å². The van der Waals surface area contributed by atoms with E-state index < -0.39 is 22.1 Å². The summed E-state index contributed by atoms with van der Waals surface area (Å²) >= 11 is 0. The van der Waals surface area contributed by atoms with E-state index in [0.717, 1.165) is 16.7 Å². The van der Waals surface area contributed by atoms with E-state index in [1.54, 1.807) is 43.5 Å². The lowest BCUT2D eigenvalue weighted by molar-refractivity contribution is -0.125. The maximum Gasteiger partial charge on any atom is 0.239 e. The van der Waals surface area contributed by atoms with Gasteiger partial charge in [-0.25, -0.2) is 8.42 Å². The fraction of sp³-hybridized carbons (Fsp3) is 0.194. The first-order chi connectivity index (χ1) is 18.4. The second-order valence-electron chi connectivity index (χ2n) is 9.09. The molecule has 0 aliphatic heterocycles. The van der Waals surface area contributed by atoms with Crippen molar-refractivity contribution in [2.75, 3.05) is 14.2 Å². The Kier molecular flexibility index (Phi) is 8.94. The van der Waals surface area contributed by atoms with E-state index in [4.69, 9.17) is 4.74 Å². The molecule has 196 valence electrons. The van der Waals surface area contributed by atoms with E-state index in [9.17, 15) is 13.2 Å². The molecule has 0 saturated heterocycles. The molecule has 1 amide bonds. The van der Waals surface area contributed by atoms with E-state index in [1.807, 2.05) is 78.9 Å². The molecule has 0 aliphatic rings. The molecule has 0 fully saturated rings. The molecule has 0 heterocycles. The molecule has 7 heteroatoms. The van der Waals surface area contributed by atoms with Crippen molar-refractivity contribution in [2.45, 2.75) is 24.3 Å². The first-order valence-corrected chi connectivity index (χ1v) is 14.0. The summed E-state index contributed by atoms with van der Waals surface area (Å²) < 4.78 is 33.4. The number of benzene rings is 4. The van der Waals surface area contributed by atoms with Gasteiger partial charge in [0.1, 0.15) is 11.8 Å². The molecule has 0 aliphatic carbocycles. The second-order valence-corrected chi connectivity index (χ2v) is 11.1. The highest BCUT2D eigenvalue weighted by Gasteiger charge is 2.33. The molecular weight excluding hydrogens is 496 g/mol. The summed E-state index contributed by atoms with van der Waals surface area (Å²) in [7, 11) is -0.744. The fourth-order valence-corrected chi connectivity index (χ4v) is 5.72. The third-order valence-corrected chi connectivity index (χ3v) is 8.34. The van der Waals surface area contributed by atoms with Gasteiger partial charge in [0.15, 0.2) is 0 Å². The minimum Gasteiger partial charge on any atom is -0.497 e. The Bertz CT molecular complexity index is 1370. The zero-order valence-corrected chi connectivity index (χ0v) is 22.3. The summed E-state index contributed by atoms with van der Waals surface area (Å²) in [5.41, 5.74) is 3.30. The van der Waals surface area contributed by atoms with Gasteiger partial charge in [-0.2, -0.15) is 4.31 Å². The van der Waals surface area contributed by atoms with Crippen molar-refractivity contribution in [3.63, 3.8) is 0 Å². The van der Waals surface area contributed by atoms with Gasteiger partial charge < -0.3 is 10.1 Å². The lowest BCUT2D eigenvalue weighted by Crippen LogP contribution is -2.50. The van der Waals surface area contributed by atoms with Crippen molar-refractivity contribution in [1.82, 2.24) is 9.62 Å². The van der Waals surface area contributed by atoms with Gasteiger partial charge in [0, 0.05) is 7.05 Å². The first kappa shape index (κ1) is 27.1. The van der Waals surface area contributed by atoms with Gasteiger partial charge in [-0.3, -0.25) is 4.79 Å². The normalized spacial score (nSPS) is 12.3.